The van der Waals surface area contributed by atoms with E-state index in [9.17, 15) is 24.4 Å². The fourth-order valence-electron chi connectivity index (χ4n) is 3.37. The van der Waals surface area contributed by atoms with E-state index < -0.39 is 56.6 Å². The van der Waals surface area contributed by atoms with E-state index in [1.165, 1.54) is 19.4 Å². The lowest BCUT2D eigenvalue weighted by atomic mass is 10.1. The van der Waals surface area contributed by atoms with Crippen LogP contribution in [0.3, 0.4) is 0 Å². The first-order valence-electron chi connectivity index (χ1n) is 10.8. The number of aliphatic hydroxyl groups is 2. The molecule has 6 atom stereocenters. The van der Waals surface area contributed by atoms with Crippen molar-refractivity contribution in [2.75, 3.05) is 19.5 Å². The van der Waals surface area contributed by atoms with Crippen molar-refractivity contribution in [1.82, 2.24) is 14.6 Å². The second-order valence-corrected chi connectivity index (χ2v) is 9.85. The highest BCUT2D eigenvalue weighted by Crippen LogP contribution is 2.46. The maximum atomic E-state index is 13.7. The van der Waals surface area contributed by atoms with Gasteiger partial charge in [-0.15, -0.1) is 0 Å². The molecule has 1 saturated heterocycles. The predicted octanol–water partition coefficient (Wildman–Crippen LogP) is 0.436. The van der Waals surface area contributed by atoms with Crippen molar-refractivity contribution in [1.29, 1.82) is 0 Å². The van der Waals surface area contributed by atoms with Gasteiger partial charge in [-0.3, -0.25) is 13.9 Å². The number of aliphatic hydroxyl groups excluding tert-OH is 2. The van der Waals surface area contributed by atoms with Gasteiger partial charge in [0.25, 0.3) is 0 Å². The quantitative estimate of drug-likeness (QED) is 0.255. The van der Waals surface area contributed by atoms with Crippen LogP contribution < -0.4 is 21.0 Å². The molecule has 1 unspecified atom stereocenters. The summed E-state index contributed by atoms with van der Waals surface area (Å²) in [6, 6.07) is 8.42. The molecule has 2 aromatic rings. The van der Waals surface area contributed by atoms with Gasteiger partial charge >= 0.3 is 19.4 Å². The van der Waals surface area contributed by atoms with Crippen molar-refractivity contribution in [3.8, 4) is 5.75 Å². The molecule has 2 heterocycles. The van der Waals surface area contributed by atoms with Crippen molar-refractivity contribution >= 4 is 19.5 Å². The Labute approximate surface area is 201 Å². The number of benzene rings is 1. The van der Waals surface area contributed by atoms with Gasteiger partial charge in [0, 0.05) is 6.20 Å². The summed E-state index contributed by atoms with van der Waals surface area (Å²) in [4.78, 5) is 27.9. The number of methoxy groups -OCH3 is 1. The molecule has 14 heteroatoms. The lowest BCUT2D eigenvalue weighted by molar-refractivity contribution is -0.143. The molecule has 35 heavy (non-hydrogen) atoms. The van der Waals surface area contributed by atoms with E-state index in [0.29, 0.717) is 0 Å². The fraction of sp³-hybridized carbons (Fsp3) is 0.476. The summed E-state index contributed by atoms with van der Waals surface area (Å²) in [7, 11) is -3.05. The summed E-state index contributed by atoms with van der Waals surface area (Å²) in [5.74, 6) is -0.845. The van der Waals surface area contributed by atoms with Crippen LogP contribution in [-0.2, 0) is 23.4 Å². The number of esters is 1. The minimum atomic E-state index is -4.25. The number of nitrogens with two attached hydrogens (primary N) is 1. The minimum Gasteiger partial charge on any atom is -0.468 e. The molecule has 0 radical (unpaired) electrons. The lowest BCUT2D eigenvalue weighted by Gasteiger charge is -2.27. The van der Waals surface area contributed by atoms with E-state index in [0.717, 1.165) is 4.57 Å². The number of nitrogens with zero attached hydrogens (tertiary/aromatic N) is 2. The third kappa shape index (κ3) is 6.45. The first-order chi connectivity index (χ1) is 16.5. The van der Waals surface area contributed by atoms with Crippen molar-refractivity contribution in [2.45, 2.75) is 44.4 Å². The minimum absolute atomic E-state index is 0.0189. The topological polar surface area (TPSA) is 184 Å². The molecule has 1 fully saturated rings. The van der Waals surface area contributed by atoms with Gasteiger partial charge in [-0.2, -0.15) is 10.1 Å². The Hall–Kier alpha value is -2.80. The number of carbonyl (C=O) groups is 1. The molecule has 192 valence electrons. The van der Waals surface area contributed by atoms with E-state index in [1.54, 1.807) is 44.2 Å². The maximum absolute atomic E-state index is 13.7. The highest BCUT2D eigenvalue weighted by Gasteiger charge is 2.46. The molecular weight excluding hydrogens is 483 g/mol. The van der Waals surface area contributed by atoms with E-state index in [1.807, 2.05) is 0 Å². The molecule has 1 aliphatic rings. The summed E-state index contributed by atoms with van der Waals surface area (Å²) in [6.07, 6.45) is -4.25. The van der Waals surface area contributed by atoms with Gasteiger partial charge in [0.2, 0.25) is 0 Å². The second-order valence-electron chi connectivity index (χ2n) is 8.16. The normalized spacial score (nSPS) is 24.6. The molecule has 0 amide bonds. The molecule has 1 aromatic heterocycles. The van der Waals surface area contributed by atoms with Crippen LogP contribution in [0.2, 0.25) is 0 Å². The molecule has 5 N–H and O–H groups in total. The smallest absolute Gasteiger partial charge is 0.459 e. The third-order valence-corrected chi connectivity index (χ3v) is 6.79. The van der Waals surface area contributed by atoms with Crippen molar-refractivity contribution in [3.63, 3.8) is 0 Å². The molecule has 1 aromatic carbocycles. The number of rotatable bonds is 10. The zero-order valence-electron chi connectivity index (χ0n) is 19.4. The summed E-state index contributed by atoms with van der Waals surface area (Å²) >= 11 is 0. The van der Waals surface area contributed by atoms with E-state index in [-0.39, 0.29) is 17.5 Å². The molecule has 13 nitrogen and oxygen atoms in total. The van der Waals surface area contributed by atoms with Crippen molar-refractivity contribution < 1.29 is 38.1 Å². The Balaban J connectivity index is 1.80. The van der Waals surface area contributed by atoms with Crippen LogP contribution in [0.15, 0.2) is 47.4 Å². The van der Waals surface area contributed by atoms with Gasteiger partial charge < -0.3 is 29.9 Å². The second kappa shape index (κ2) is 11.3. The van der Waals surface area contributed by atoms with Crippen LogP contribution in [0.4, 0.5) is 5.82 Å². The zero-order chi connectivity index (χ0) is 25.8. The Morgan fingerprint density at radius 2 is 1.94 bits per heavy atom. The zero-order valence-corrected chi connectivity index (χ0v) is 20.3. The first-order valence-corrected chi connectivity index (χ1v) is 12.3. The summed E-state index contributed by atoms with van der Waals surface area (Å²) in [6.45, 7) is 2.91. The van der Waals surface area contributed by atoms with Crippen LogP contribution >= 0.6 is 7.75 Å². The van der Waals surface area contributed by atoms with Crippen LogP contribution in [0.5, 0.6) is 5.75 Å². The Bertz CT molecular complexity index is 1110. The monoisotopic (exact) mass is 512 g/mol. The number of anilines is 1. The highest BCUT2D eigenvalue weighted by molar-refractivity contribution is 7.52. The standard InChI is InChI=1S/C21H29N4O9P/c1-12(2)16(20(28)31-3)24-35(30,34-13-7-5-4-6-8-13)32-11-14-17(26)18(27)19(33-14)25-10-9-15(22)23-21(25)29/h4-10,12,14,16-19,26-27H,11H2,1-3H3,(H,24,30)(H2,22,23,29)/t14-,16+,17-,18-,19-,35?/m1/s1. The summed E-state index contributed by atoms with van der Waals surface area (Å²) in [5.41, 5.74) is 4.69. The van der Waals surface area contributed by atoms with Gasteiger partial charge in [-0.1, -0.05) is 32.0 Å². The van der Waals surface area contributed by atoms with Crippen molar-refractivity contribution in [3.05, 3.63) is 53.1 Å². The molecule has 0 spiro atoms. The van der Waals surface area contributed by atoms with Gasteiger partial charge in [0.05, 0.1) is 13.7 Å². The number of para-hydroxylation sites is 1. The Kier molecular flexibility index (Phi) is 8.65. The maximum Gasteiger partial charge on any atom is 0.459 e. The number of aromatic nitrogens is 2. The van der Waals surface area contributed by atoms with Crippen LogP contribution in [-0.4, -0.2) is 63.8 Å². The fourth-order valence-corrected chi connectivity index (χ4v) is 5.04. The Morgan fingerprint density at radius 3 is 2.54 bits per heavy atom. The van der Waals surface area contributed by atoms with Crippen molar-refractivity contribution in [2.24, 2.45) is 5.92 Å². The van der Waals surface area contributed by atoms with E-state index in [2.05, 4.69) is 10.1 Å². The number of ether oxygens (including phenoxy) is 2. The number of nitrogen functional groups attached to an aromatic ring is 1. The predicted molar refractivity (Wildman–Crippen MR) is 123 cm³/mol. The summed E-state index contributed by atoms with van der Waals surface area (Å²) in [5, 5.41) is 23.5. The number of nitrogens with one attached hydrogen (secondary N) is 1. The number of carbonyl (C=O) groups excluding carboxylic acids is 1. The molecule has 3 rings (SSSR count). The van der Waals surface area contributed by atoms with Crippen LogP contribution in [0.1, 0.15) is 20.1 Å². The Morgan fingerprint density at radius 1 is 1.26 bits per heavy atom. The third-order valence-electron chi connectivity index (χ3n) is 5.26. The molecule has 0 bridgehead atoms. The first kappa shape index (κ1) is 26.8. The average Bonchev–Trinajstić information content (AvgIpc) is 3.10. The van der Waals surface area contributed by atoms with Gasteiger partial charge in [-0.05, 0) is 24.1 Å². The van der Waals surface area contributed by atoms with E-state index >= 15 is 0 Å². The largest absolute Gasteiger partial charge is 0.468 e. The molecule has 0 aliphatic carbocycles. The molecule has 0 saturated carbocycles. The number of hydrogen-bond donors (Lipinski definition) is 4. The number of hydrogen-bond acceptors (Lipinski definition) is 11. The van der Waals surface area contributed by atoms with Gasteiger partial charge in [0.1, 0.15) is 35.9 Å². The molecular formula is C21H29N4O9P. The van der Waals surface area contributed by atoms with E-state index in [4.69, 9.17) is 24.3 Å². The summed E-state index contributed by atoms with van der Waals surface area (Å²) < 4.78 is 36.2. The molecule has 1 aliphatic heterocycles. The van der Waals surface area contributed by atoms with Crippen LogP contribution in [0, 0.1) is 5.92 Å². The van der Waals surface area contributed by atoms with Gasteiger partial charge in [-0.25, -0.2) is 9.36 Å². The highest BCUT2D eigenvalue weighted by atomic mass is 31.2. The SMILES string of the molecule is COC(=O)[C@@H](NP(=O)(OC[C@H]1O[C@@H](n2ccc(N)nc2=O)[C@H](O)[C@@H]1O)Oc1ccccc1)C(C)C. The average molecular weight is 512 g/mol. The lowest BCUT2D eigenvalue weighted by Crippen LogP contribution is -2.42. The van der Waals surface area contributed by atoms with Gasteiger partial charge in [0.15, 0.2) is 6.23 Å². The van der Waals surface area contributed by atoms with Crippen LogP contribution in [0.25, 0.3) is 0 Å².